The first kappa shape index (κ1) is 13.6. The quantitative estimate of drug-likeness (QED) is 0.607. The van der Waals surface area contributed by atoms with Crippen molar-refractivity contribution < 1.29 is 27.1 Å². The van der Waals surface area contributed by atoms with Gasteiger partial charge in [0.1, 0.15) is 5.82 Å². The summed E-state index contributed by atoms with van der Waals surface area (Å²) in [5.41, 5.74) is -1.33. The van der Waals surface area contributed by atoms with Gasteiger partial charge in [0.05, 0.1) is 18.4 Å². The summed E-state index contributed by atoms with van der Waals surface area (Å²) in [6.07, 6.45) is -2.50. The van der Waals surface area contributed by atoms with Crippen LogP contribution in [0, 0.1) is 5.82 Å². The van der Waals surface area contributed by atoms with Crippen molar-refractivity contribution >= 4 is 5.78 Å². The molecule has 2 rings (SSSR count). The van der Waals surface area contributed by atoms with Gasteiger partial charge in [-0.15, -0.1) is 0 Å². The fourth-order valence-electron chi connectivity index (χ4n) is 1.80. The van der Waals surface area contributed by atoms with Gasteiger partial charge in [0.25, 0.3) is 0 Å². The maximum absolute atomic E-state index is 13.1. The van der Waals surface area contributed by atoms with E-state index in [0.29, 0.717) is 37.2 Å². The Morgan fingerprint density at radius 1 is 1.26 bits per heavy atom. The van der Waals surface area contributed by atoms with Crippen LogP contribution in [0.4, 0.5) is 17.6 Å². The van der Waals surface area contributed by atoms with E-state index < -0.39 is 23.3 Å². The van der Waals surface area contributed by atoms with Crippen molar-refractivity contribution in [2.75, 3.05) is 6.61 Å². The number of hydrogen-bond donors (Lipinski definition) is 0. The summed E-state index contributed by atoms with van der Waals surface area (Å²) >= 11 is 0. The van der Waals surface area contributed by atoms with Gasteiger partial charge in [-0.25, -0.2) is 4.39 Å². The summed E-state index contributed by atoms with van der Waals surface area (Å²) in [6, 6.07) is 2.23. The Balaban J connectivity index is 2.36. The normalized spacial score (nSPS) is 15.7. The summed E-state index contributed by atoms with van der Waals surface area (Å²) < 4.78 is 55.7. The van der Waals surface area contributed by atoms with Crippen molar-refractivity contribution in [2.24, 2.45) is 0 Å². The Kier molecular flexibility index (Phi) is 3.59. The van der Waals surface area contributed by atoms with Gasteiger partial charge < -0.3 is 4.74 Å². The second-order valence-electron chi connectivity index (χ2n) is 4.14. The highest BCUT2D eigenvalue weighted by atomic mass is 19.4. The number of allylic oxidation sites excluding steroid dienone is 1. The molecule has 0 saturated heterocycles. The van der Waals surface area contributed by atoms with Crippen LogP contribution < -0.4 is 0 Å². The van der Waals surface area contributed by atoms with Crippen LogP contribution in [0.3, 0.4) is 0 Å². The highest BCUT2D eigenvalue weighted by molar-refractivity contribution is 6.08. The number of benzene rings is 1. The van der Waals surface area contributed by atoms with Crippen LogP contribution in [0.25, 0.3) is 0 Å². The number of hydrogen-bond acceptors (Lipinski definition) is 2. The number of rotatable bonds is 2. The number of halogens is 4. The van der Waals surface area contributed by atoms with E-state index in [-0.39, 0.29) is 5.56 Å². The minimum atomic E-state index is -4.82. The van der Waals surface area contributed by atoms with E-state index in [1.54, 1.807) is 0 Å². The molecule has 102 valence electrons. The van der Waals surface area contributed by atoms with E-state index >= 15 is 0 Å². The number of carbonyl (C=O) groups excluding carboxylic acids is 1. The fraction of sp³-hybridized carbons (Fsp3) is 0.308. The Hall–Kier alpha value is -1.85. The maximum Gasteiger partial charge on any atom is 0.419 e. The Bertz CT molecular complexity index is 532. The zero-order valence-corrected chi connectivity index (χ0v) is 9.76. The van der Waals surface area contributed by atoms with Crippen molar-refractivity contribution in [2.45, 2.75) is 19.0 Å². The third kappa shape index (κ3) is 2.94. The van der Waals surface area contributed by atoms with E-state index in [9.17, 15) is 22.4 Å². The molecule has 0 aromatic heterocycles. The maximum atomic E-state index is 13.1. The van der Waals surface area contributed by atoms with Crippen molar-refractivity contribution in [3.8, 4) is 0 Å². The molecule has 6 heteroatoms. The van der Waals surface area contributed by atoms with Gasteiger partial charge in [-0.3, -0.25) is 4.79 Å². The predicted molar refractivity (Wildman–Crippen MR) is 59.0 cm³/mol. The zero-order valence-electron chi connectivity index (χ0n) is 9.76. The number of alkyl halides is 3. The number of ketones is 1. The molecule has 0 atom stereocenters. The van der Waals surface area contributed by atoms with Crippen LogP contribution in [0.2, 0.25) is 0 Å². The Morgan fingerprint density at radius 2 is 2.00 bits per heavy atom. The largest absolute Gasteiger partial charge is 0.501 e. The minimum Gasteiger partial charge on any atom is -0.501 e. The van der Waals surface area contributed by atoms with Crippen LogP contribution in [-0.4, -0.2) is 12.4 Å². The van der Waals surface area contributed by atoms with E-state index in [2.05, 4.69) is 0 Å². The highest BCUT2D eigenvalue weighted by Crippen LogP contribution is 2.32. The third-order valence-corrected chi connectivity index (χ3v) is 2.76. The summed E-state index contributed by atoms with van der Waals surface area (Å²) in [4.78, 5) is 12.0. The van der Waals surface area contributed by atoms with Crippen LogP contribution in [0.15, 0.2) is 30.0 Å². The topological polar surface area (TPSA) is 26.3 Å². The number of carbonyl (C=O) groups is 1. The number of ether oxygens (including phenoxy) is 1. The van der Waals surface area contributed by atoms with Crippen LogP contribution >= 0.6 is 0 Å². The van der Waals surface area contributed by atoms with E-state index in [1.165, 1.54) is 6.26 Å². The minimum absolute atomic E-state index is 0.189. The first-order valence-electron chi connectivity index (χ1n) is 5.61. The van der Waals surface area contributed by atoms with Crippen molar-refractivity contribution in [3.05, 3.63) is 47.0 Å². The molecule has 19 heavy (non-hydrogen) atoms. The molecular weight excluding hydrogens is 264 g/mol. The lowest BCUT2D eigenvalue weighted by molar-refractivity contribution is -0.140. The lowest BCUT2D eigenvalue weighted by atomic mass is 9.98. The molecule has 1 heterocycles. The predicted octanol–water partition coefficient (Wildman–Crippen LogP) is 3.72. The highest BCUT2D eigenvalue weighted by Gasteiger charge is 2.34. The molecule has 0 saturated carbocycles. The zero-order chi connectivity index (χ0) is 14.0. The first-order valence-corrected chi connectivity index (χ1v) is 5.61. The molecule has 1 aromatic carbocycles. The van der Waals surface area contributed by atoms with Gasteiger partial charge in [0.2, 0.25) is 0 Å². The summed E-state index contributed by atoms with van der Waals surface area (Å²) in [5, 5.41) is 0. The van der Waals surface area contributed by atoms with Crippen LogP contribution in [-0.2, 0) is 10.9 Å². The molecule has 2 nitrogen and oxygen atoms in total. The molecule has 0 unspecified atom stereocenters. The summed E-state index contributed by atoms with van der Waals surface area (Å²) in [7, 11) is 0. The van der Waals surface area contributed by atoms with Gasteiger partial charge in [-0.1, -0.05) is 0 Å². The second kappa shape index (κ2) is 5.03. The van der Waals surface area contributed by atoms with Crippen molar-refractivity contribution in [1.82, 2.24) is 0 Å². The second-order valence-corrected chi connectivity index (χ2v) is 4.14. The average molecular weight is 274 g/mol. The monoisotopic (exact) mass is 274 g/mol. The van der Waals surface area contributed by atoms with Gasteiger partial charge >= 0.3 is 6.18 Å². The van der Waals surface area contributed by atoms with Gasteiger partial charge in [-0.05, 0) is 31.0 Å². The average Bonchev–Trinajstić information content (AvgIpc) is 2.38. The molecule has 0 radical (unpaired) electrons. The molecule has 0 amide bonds. The van der Waals surface area contributed by atoms with Crippen molar-refractivity contribution in [1.29, 1.82) is 0 Å². The summed E-state index contributed by atoms with van der Waals surface area (Å²) in [5.74, 6) is -1.96. The van der Waals surface area contributed by atoms with Gasteiger partial charge in [-0.2, -0.15) is 13.2 Å². The van der Waals surface area contributed by atoms with Crippen molar-refractivity contribution in [3.63, 3.8) is 0 Å². The molecule has 1 aliphatic rings. The van der Waals surface area contributed by atoms with E-state index in [0.717, 1.165) is 6.07 Å². The van der Waals surface area contributed by atoms with Crippen LogP contribution in [0.5, 0.6) is 0 Å². The molecule has 0 N–H and O–H groups in total. The molecule has 0 aliphatic carbocycles. The Labute approximate surface area is 106 Å². The smallest absolute Gasteiger partial charge is 0.419 e. The van der Waals surface area contributed by atoms with E-state index in [4.69, 9.17) is 4.74 Å². The third-order valence-electron chi connectivity index (χ3n) is 2.76. The SMILES string of the molecule is O=C(C1=COCCC1)c1ccc(F)c(C(F)(F)F)c1. The number of Topliss-reactive ketones (excluding diaryl/α,β-unsaturated/α-hetero) is 1. The molecular formula is C13H10F4O2. The summed E-state index contributed by atoms with van der Waals surface area (Å²) in [6.45, 7) is 0.480. The lowest BCUT2D eigenvalue weighted by Gasteiger charge is -2.14. The van der Waals surface area contributed by atoms with Gasteiger partial charge in [0, 0.05) is 11.1 Å². The first-order chi connectivity index (χ1) is 8.89. The molecule has 0 fully saturated rings. The standard InChI is InChI=1S/C13H10F4O2/c14-11-4-3-8(6-10(11)13(15,16)17)12(18)9-2-1-5-19-7-9/h3-4,6-7H,1-2,5H2. The Morgan fingerprint density at radius 3 is 2.58 bits per heavy atom. The molecule has 0 bridgehead atoms. The van der Waals surface area contributed by atoms with E-state index in [1.807, 2.05) is 0 Å². The lowest BCUT2D eigenvalue weighted by Crippen LogP contribution is -2.13. The molecule has 0 spiro atoms. The molecule has 1 aromatic rings. The molecule has 1 aliphatic heterocycles. The van der Waals surface area contributed by atoms with Gasteiger partial charge in [0.15, 0.2) is 5.78 Å². The fourth-order valence-corrected chi connectivity index (χ4v) is 1.80. The van der Waals surface area contributed by atoms with Crippen LogP contribution in [0.1, 0.15) is 28.8 Å².